The van der Waals surface area contributed by atoms with Gasteiger partial charge in [-0.05, 0) is 42.0 Å². The number of carbonyl (C=O) groups is 1. The fourth-order valence-corrected chi connectivity index (χ4v) is 3.27. The van der Waals surface area contributed by atoms with E-state index in [0.29, 0.717) is 17.1 Å². The highest BCUT2D eigenvalue weighted by atomic mass is 35.5. The summed E-state index contributed by atoms with van der Waals surface area (Å²) in [6.07, 6.45) is 3.62. The highest BCUT2D eigenvalue weighted by Gasteiger charge is 2.12. The van der Waals surface area contributed by atoms with Crippen LogP contribution in [0.4, 0.5) is 0 Å². The van der Waals surface area contributed by atoms with Gasteiger partial charge in [0.25, 0.3) is 5.91 Å². The first-order valence-corrected chi connectivity index (χ1v) is 8.10. The third kappa shape index (κ3) is 2.73. The summed E-state index contributed by atoms with van der Waals surface area (Å²) >= 11 is 6.17. The zero-order chi connectivity index (χ0) is 17.4. The number of carbonyl (C=O) groups excluding carboxylic acids is 1. The minimum atomic E-state index is -0.526. The van der Waals surface area contributed by atoms with Crippen molar-refractivity contribution in [2.45, 2.75) is 6.54 Å². The van der Waals surface area contributed by atoms with Gasteiger partial charge in [0, 0.05) is 39.6 Å². The van der Waals surface area contributed by atoms with Crippen molar-refractivity contribution < 1.29 is 10.0 Å². The van der Waals surface area contributed by atoms with Crippen LogP contribution in [0.15, 0.2) is 60.9 Å². The molecule has 0 unspecified atom stereocenters. The molecule has 2 aromatic carbocycles. The molecular formula is C19H14ClN3O2. The molecule has 124 valence electrons. The lowest BCUT2D eigenvalue weighted by molar-refractivity contribution is 0.0706. The van der Waals surface area contributed by atoms with Gasteiger partial charge in [0.15, 0.2) is 0 Å². The van der Waals surface area contributed by atoms with Crippen molar-refractivity contribution in [3.05, 3.63) is 77.1 Å². The zero-order valence-corrected chi connectivity index (χ0v) is 13.9. The molecule has 1 amide bonds. The number of pyridine rings is 1. The normalized spacial score (nSPS) is 11.1. The fourth-order valence-electron chi connectivity index (χ4n) is 3.10. The molecule has 4 rings (SSSR count). The Balaban J connectivity index is 1.81. The Kier molecular flexibility index (Phi) is 3.87. The maximum atomic E-state index is 11.4. The monoisotopic (exact) mass is 351 g/mol. The molecule has 5 nitrogen and oxygen atoms in total. The van der Waals surface area contributed by atoms with Crippen LogP contribution in [0.5, 0.6) is 0 Å². The predicted octanol–water partition coefficient (Wildman–Crippen LogP) is 4.01. The molecule has 0 aliphatic heterocycles. The number of hydrogen-bond acceptors (Lipinski definition) is 3. The van der Waals surface area contributed by atoms with Crippen LogP contribution in [0.3, 0.4) is 0 Å². The molecule has 25 heavy (non-hydrogen) atoms. The van der Waals surface area contributed by atoms with Crippen LogP contribution in [0.2, 0.25) is 5.02 Å². The zero-order valence-electron chi connectivity index (χ0n) is 13.1. The topological polar surface area (TPSA) is 67.2 Å². The molecule has 0 spiro atoms. The Morgan fingerprint density at radius 2 is 1.88 bits per heavy atom. The van der Waals surface area contributed by atoms with E-state index in [1.165, 1.54) is 0 Å². The number of benzene rings is 2. The fraction of sp³-hybridized carbons (Fsp3) is 0.0526. The molecule has 2 heterocycles. The first kappa shape index (κ1) is 15.6. The van der Waals surface area contributed by atoms with Gasteiger partial charge < -0.3 is 4.57 Å². The van der Waals surface area contributed by atoms with E-state index in [0.717, 1.165) is 27.4 Å². The summed E-state index contributed by atoms with van der Waals surface area (Å²) in [6, 6.07) is 14.9. The lowest BCUT2D eigenvalue weighted by Gasteiger charge is -2.08. The standard InChI is InChI=1S/C19H14ClN3O2/c20-14-5-6-17-16(9-14)15-7-8-21-10-18(15)23(17)11-12-1-3-13(4-2-12)19(24)22-25/h1-10,25H,11H2,(H,22,24). The van der Waals surface area contributed by atoms with Gasteiger partial charge in [0.05, 0.1) is 11.7 Å². The molecule has 0 aliphatic rings. The Labute approximate surface area is 148 Å². The molecule has 0 atom stereocenters. The van der Waals surface area contributed by atoms with Crippen LogP contribution < -0.4 is 5.48 Å². The molecule has 0 fully saturated rings. The third-order valence-electron chi connectivity index (χ3n) is 4.29. The number of rotatable bonds is 3. The lowest BCUT2D eigenvalue weighted by atomic mass is 10.1. The number of nitrogens with zero attached hydrogens (tertiary/aromatic N) is 2. The van der Waals surface area contributed by atoms with E-state index in [1.54, 1.807) is 23.8 Å². The third-order valence-corrected chi connectivity index (χ3v) is 4.52. The van der Waals surface area contributed by atoms with Gasteiger partial charge in [-0.15, -0.1) is 0 Å². The van der Waals surface area contributed by atoms with Gasteiger partial charge >= 0.3 is 0 Å². The summed E-state index contributed by atoms with van der Waals surface area (Å²) in [4.78, 5) is 15.7. The average Bonchev–Trinajstić information content (AvgIpc) is 2.95. The van der Waals surface area contributed by atoms with Gasteiger partial charge in [-0.1, -0.05) is 23.7 Å². The largest absolute Gasteiger partial charge is 0.335 e. The Morgan fingerprint density at radius 3 is 2.64 bits per heavy atom. The van der Waals surface area contributed by atoms with E-state index in [2.05, 4.69) is 9.55 Å². The summed E-state index contributed by atoms with van der Waals surface area (Å²) in [5.41, 5.74) is 5.17. The van der Waals surface area contributed by atoms with Crippen LogP contribution in [-0.2, 0) is 6.54 Å². The Bertz CT molecular complexity index is 1090. The van der Waals surface area contributed by atoms with Crippen LogP contribution in [0, 0.1) is 0 Å². The summed E-state index contributed by atoms with van der Waals surface area (Å²) in [7, 11) is 0. The predicted molar refractivity (Wildman–Crippen MR) is 97.0 cm³/mol. The van der Waals surface area contributed by atoms with E-state index < -0.39 is 5.91 Å². The number of hydroxylamine groups is 1. The highest BCUT2D eigenvalue weighted by Crippen LogP contribution is 2.31. The molecule has 2 aromatic heterocycles. The summed E-state index contributed by atoms with van der Waals surface area (Å²) in [5.74, 6) is -0.526. The first-order valence-electron chi connectivity index (χ1n) is 7.72. The maximum absolute atomic E-state index is 11.4. The highest BCUT2D eigenvalue weighted by molar-refractivity contribution is 6.31. The SMILES string of the molecule is O=C(NO)c1ccc(Cn2c3ccc(Cl)cc3c3ccncc32)cc1. The molecule has 0 bridgehead atoms. The molecule has 4 aromatic rings. The summed E-state index contributed by atoms with van der Waals surface area (Å²) in [6.45, 7) is 0.633. The first-order chi connectivity index (χ1) is 12.2. The van der Waals surface area contributed by atoms with E-state index in [-0.39, 0.29) is 0 Å². The second kappa shape index (κ2) is 6.20. The van der Waals surface area contributed by atoms with Crippen molar-refractivity contribution in [1.29, 1.82) is 0 Å². The van der Waals surface area contributed by atoms with E-state index in [1.807, 2.05) is 42.6 Å². The van der Waals surface area contributed by atoms with Gasteiger partial charge in [-0.3, -0.25) is 15.0 Å². The van der Waals surface area contributed by atoms with Crippen molar-refractivity contribution in [3.63, 3.8) is 0 Å². The summed E-state index contributed by atoms with van der Waals surface area (Å²) < 4.78 is 2.18. The second-order valence-corrected chi connectivity index (χ2v) is 6.21. The Morgan fingerprint density at radius 1 is 1.08 bits per heavy atom. The minimum absolute atomic E-state index is 0.405. The molecule has 0 aliphatic carbocycles. The molecule has 0 radical (unpaired) electrons. The van der Waals surface area contributed by atoms with Crippen LogP contribution in [0.25, 0.3) is 21.8 Å². The number of fused-ring (bicyclic) bond motifs is 3. The molecule has 6 heteroatoms. The molecular weight excluding hydrogens is 338 g/mol. The van der Waals surface area contributed by atoms with Crippen molar-refractivity contribution in [2.75, 3.05) is 0 Å². The number of aromatic nitrogens is 2. The van der Waals surface area contributed by atoms with Gasteiger partial charge in [-0.25, -0.2) is 5.48 Å². The Hall–Kier alpha value is -2.89. The number of halogens is 1. The second-order valence-electron chi connectivity index (χ2n) is 5.78. The lowest BCUT2D eigenvalue weighted by Crippen LogP contribution is -2.18. The van der Waals surface area contributed by atoms with Crippen LogP contribution >= 0.6 is 11.6 Å². The summed E-state index contributed by atoms with van der Waals surface area (Å²) in [5, 5.41) is 11.6. The van der Waals surface area contributed by atoms with Crippen molar-refractivity contribution in [1.82, 2.24) is 15.0 Å². The van der Waals surface area contributed by atoms with Crippen molar-refractivity contribution >= 4 is 39.3 Å². The molecule has 0 saturated carbocycles. The van der Waals surface area contributed by atoms with E-state index >= 15 is 0 Å². The number of nitrogens with one attached hydrogen (secondary N) is 1. The van der Waals surface area contributed by atoms with Gasteiger partial charge in [0.2, 0.25) is 0 Å². The van der Waals surface area contributed by atoms with Crippen LogP contribution in [0.1, 0.15) is 15.9 Å². The quantitative estimate of drug-likeness (QED) is 0.433. The number of amides is 1. The van der Waals surface area contributed by atoms with Gasteiger partial charge in [-0.2, -0.15) is 0 Å². The van der Waals surface area contributed by atoms with Crippen molar-refractivity contribution in [2.24, 2.45) is 0 Å². The molecule has 0 saturated heterocycles. The number of hydrogen-bond donors (Lipinski definition) is 2. The van der Waals surface area contributed by atoms with Gasteiger partial charge in [0.1, 0.15) is 0 Å². The minimum Gasteiger partial charge on any atom is -0.335 e. The molecule has 2 N–H and O–H groups in total. The smallest absolute Gasteiger partial charge is 0.274 e. The van der Waals surface area contributed by atoms with E-state index in [9.17, 15) is 4.79 Å². The maximum Gasteiger partial charge on any atom is 0.274 e. The average molecular weight is 352 g/mol. The van der Waals surface area contributed by atoms with Crippen LogP contribution in [-0.4, -0.2) is 20.7 Å². The van der Waals surface area contributed by atoms with E-state index in [4.69, 9.17) is 16.8 Å². The van der Waals surface area contributed by atoms with Crippen molar-refractivity contribution in [3.8, 4) is 0 Å².